The lowest BCUT2D eigenvalue weighted by atomic mass is 10.2. The van der Waals surface area contributed by atoms with Crippen LogP contribution in [0.5, 0.6) is 5.75 Å². The van der Waals surface area contributed by atoms with Crippen molar-refractivity contribution in [1.29, 1.82) is 0 Å². The van der Waals surface area contributed by atoms with Crippen LogP contribution in [0.2, 0.25) is 0 Å². The fourth-order valence-electron chi connectivity index (χ4n) is 2.64. The number of aryl methyl sites for hydroxylation is 1. The Morgan fingerprint density at radius 1 is 1.22 bits per heavy atom. The predicted octanol–water partition coefficient (Wildman–Crippen LogP) is 2.37. The zero-order chi connectivity index (χ0) is 16.3. The Labute approximate surface area is 137 Å². The van der Waals surface area contributed by atoms with Crippen LogP contribution in [0.25, 0.3) is 0 Å². The molecule has 1 aliphatic rings. The first-order valence-electron chi connectivity index (χ1n) is 7.64. The van der Waals surface area contributed by atoms with E-state index in [0.717, 1.165) is 11.3 Å². The van der Waals surface area contributed by atoms with Gasteiger partial charge in [-0.05, 0) is 31.0 Å². The topological polar surface area (TPSA) is 59.5 Å². The van der Waals surface area contributed by atoms with E-state index in [1.54, 1.807) is 6.20 Å². The lowest BCUT2D eigenvalue weighted by molar-refractivity contribution is 0.214. The average Bonchev–Trinajstić information content (AvgIpc) is 3.00. The zero-order valence-electron chi connectivity index (χ0n) is 13.1. The summed E-state index contributed by atoms with van der Waals surface area (Å²) in [6.07, 6.45) is 2.25. The third-order valence-electron chi connectivity index (χ3n) is 3.88. The van der Waals surface area contributed by atoms with Gasteiger partial charge in [-0.2, -0.15) is 4.31 Å². The van der Waals surface area contributed by atoms with Crippen LogP contribution in [0.3, 0.4) is 0 Å². The van der Waals surface area contributed by atoms with Gasteiger partial charge in [-0.15, -0.1) is 0 Å². The molecule has 3 rings (SSSR count). The molecule has 0 aliphatic carbocycles. The fraction of sp³-hybridized carbons (Fsp3) is 0.353. The van der Waals surface area contributed by atoms with Gasteiger partial charge in [0.05, 0.1) is 18.5 Å². The Balaban J connectivity index is 1.61. The Kier molecular flexibility index (Phi) is 4.63. The molecule has 0 radical (unpaired) electrons. The molecule has 2 aromatic rings. The molecule has 0 unspecified atom stereocenters. The van der Waals surface area contributed by atoms with Gasteiger partial charge in [-0.25, -0.2) is 8.42 Å². The molecule has 1 atom stereocenters. The molecule has 122 valence electrons. The maximum absolute atomic E-state index is 12.5. The molecule has 23 heavy (non-hydrogen) atoms. The predicted molar refractivity (Wildman–Crippen MR) is 88.6 cm³/mol. The normalized spacial score (nSPS) is 18.9. The molecule has 0 bridgehead atoms. The second kappa shape index (κ2) is 6.68. The van der Waals surface area contributed by atoms with Gasteiger partial charge in [0.15, 0.2) is 0 Å². The Hall–Kier alpha value is -1.92. The summed E-state index contributed by atoms with van der Waals surface area (Å²) >= 11 is 0. The molecule has 1 aromatic heterocycles. The van der Waals surface area contributed by atoms with Gasteiger partial charge in [-0.3, -0.25) is 4.98 Å². The number of sulfonamides is 1. The van der Waals surface area contributed by atoms with Gasteiger partial charge in [-0.1, -0.05) is 30.3 Å². The van der Waals surface area contributed by atoms with Crippen molar-refractivity contribution in [3.63, 3.8) is 0 Å². The molecule has 1 aromatic carbocycles. The highest BCUT2D eigenvalue weighted by Crippen LogP contribution is 2.21. The number of rotatable bonds is 5. The van der Waals surface area contributed by atoms with Gasteiger partial charge in [0.1, 0.15) is 11.9 Å². The van der Waals surface area contributed by atoms with E-state index in [2.05, 4.69) is 4.98 Å². The quantitative estimate of drug-likeness (QED) is 0.843. The van der Waals surface area contributed by atoms with Gasteiger partial charge in [0, 0.05) is 12.2 Å². The highest BCUT2D eigenvalue weighted by Gasteiger charge is 2.32. The molecule has 5 nitrogen and oxygen atoms in total. The molecule has 6 heteroatoms. The maximum Gasteiger partial charge on any atom is 0.218 e. The molecule has 0 spiro atoms. The monoisotopic (exact) mass is 332 g/mol. The van der Waals surface area contributed by atoms with Crippen molar-refractivity contribution in [1.82, 2.24) is 9.29 Å². The van der Waals surface area contributed by atoms with Crippen molar-refractivity contribution < 1.29 is 13.2 Å². The van der Waals surface area contributed by atoms with E-state index in [0.29, 0.717) is 25.3 Å². The van der Waals surface area contributed by atoms with Crippen molar-refractivity contribution in [2.45, 2.75) is 25.2 Å². The number of nitrogens with zero attached hydrogens (tertiary/aromatic N) is 2. The van der Waals surface area contributed by atoms with Crippen LogP contribution < -0.4 is 4.74 Å². The summed E-state index contributed by atoms with van der Waals surface area (Å²) in [5.41, 5.74) is 1.73. The highest BCUT2D eigenvalue weighted by molar-refractivity contribution is 7.88. The lowest BCUT2D eigenvalue weighted by Gasteiger charge is -2.17. The minimum absolute atomic E-state index is 0.0344. The Morgan fingerprint density at radius 2 is 2.00 bits per heavy atom. The minimum atomic E-state index is -3.31. The van der Waals surface area contributed by atoms with Crippen molar-refractivity contribution in [3.8, 4) is 5.75 Å². The van der Waals surface area contributed by atoms with Crippen LogP contribution in [0, 0.1) is 6.92 Å². The third-order valence-corrected chi connectivity index (χ3v) is 5.70. The first kappa shape index (κ1) is 16.0. The van der Waals surface area contributed by atoms with Crippen LogP contribution >= 0.6 is 0 Å². The van der Waals surface area contributed by atoms with Crippen LogP contribution in [0.1, 0.15) is 17.7 Å². The molecule has 1 aliphatic heterocycles. The number of aromatic nitrogens is 1. The first-order valence-corrected chi connectivity index (χ1v) is 9.25. The van der Waals surface area contributed by atoms with Crippen LogP contribution in [-0.2, 0) is 15.8 Å². The summed E-state index contributed by atoms with van der Waals surface area (Å²) < 4.78 is 32.4. The third kappa shape index (κ3) is 4.09. The van der Waals surface area contributed by atoms with E-state index < -0.39 is 10.0 Å². The van der Waals surface area contributed by atoms with Gasteiger partial charge in [0.2, 0.25) is 10.0 Å². The molecule has 0 saturated carbocycles. The summed E-state index contributed by atoms with van der Waals surface area (Å²) in [6.45, 7) is 2.80. The fourth-order valence-corrected chi connectivity index (χ4v) is 4.21. The lowest BCUT2D eigenvalue weighted by Crippen LogP contribution is -2.32. The second-order valence-electron chi connectivity index (χ2n) is 5.76. The van der Waals surface area contributed by atoms with E-state index in [1.807, 2.05) is 49.4 Å². The smallest absolute Gasteiger partial charge is 0.218 e. The molecule has 1 fully saturated rings. The van der Waals surface area contributed by atoms with Gasteiger partial charge in [0.25, 0.3) is 0 Å². The second-order valence-corrected chi connectivity index (χ2v) is 7.73. The van der Waals surface area contributed by atoms with Crippen LogP contribution in [0.15, 0.2) is 48.7 Å². The molecule has 1 saturated heterocycles. The van der Waals surface area contributed by atoms with Crippen LogP contribution in [0.4, 0.5) is 0 Å². The number of pyridine rings is 1. The van der Waals surface area contributed by atoms with Crippen molar-refractivity contribution in [2.24, 2.45) is 0 Å². The van der Waals surface area contributed by atoms with E-state index in [1.165, 1.54) is 4.31 Å². The Morgan fingerprint density at radius 3 is 2.70 bits per heavy atom. The SMILES string of the molecule is Cc1ccc(O[C@H]2CCN(S(=O)(=O)Cc3ccccc3)C2)cn1. The van der Waals surface area contributed by atoms with E-state index >= 15 is 0 Å². The first-order chi connectivity index (χ1) is 11.0. The van der Waals surface area contributed by atoms with Gasteiger partial charge < -0.3 is 4.74 Å². The van der Waals surface area contributed by atoms with Crippen LogP contribution in [-0.4, -0.2) is 36.9 Å². The highest BCUT2D eigenvalue weighted by atomic mass is 32.2. The number of hydrogen-bond donors (Lipinski definition) is 0. The van der Waals surface area contributed by atoms with Crippen molar-refractivity contribution >= 4 is 10.0 Å². The maximum atomic E-state index is 12.5. The van der Waals surface area contributed by atoms with Crippen molar-refractivity contribution in [3.05, 3.63) is 59.9 Å². The van der Waals surface area contributed by atoms with Crippen molar-refractivity contribution in [2.75, 3.05) is 13.1 Å². The Bertz CT molecular complexity index is 745. The summed E-state index contributed by atoms with van der Waals surface area (Å²) in [5.74, 6) is 0.718. The summed E-state index contributed by atoms with van der Waals surface area (Å²) in [7, 11) is -3.31. The largest absolute Gasteiger partial charge is 0.487 e. The summed E-state index contributed by atoms with van der Waals surface area (Å²) in [6, 6.07) is 13.0. The van der Waals surface area contributed by atoms with E-state index in [-0.39, 0.29) is 11.9 Å². The molecular formula is C17H20N2O3S. The van der Waals surface area contributed by atoms with E-state index in [4.69, 9.17) is 4.74 Å². The minimum Gasteiger partial charge on any atom is -0.487 e. The molecule has 2 heterocycles. The standard InChI is InChI=1S/C17H20N2O3S/c1-14-7-8-16(11-18-14)22-17-9-10-19(12-17)23(20,21)13-15-5-3-2-4-6-15/h2-8,11,17H,9-10,12-13H2,1H3/t17-/m0/s1. The number of benzene rings is 1. The summed E-state index contributed by atoms with van der Waals surface area (Å²) in [5, 5.41) is 0. The number of ether oxygens (including phenoxy) is 1. The molecule has 0 N–H and O–H groups in total. The van der Waals surface area contributed by atoms with Gasteiger partial charge >= 0.3 is 0 Å². The summed E-state index contributed by atoms with van der Waals surface area (Å²) in [4.78, 5) is 4.19. The van der Waals surface area contributed by atoms with E-state index in [9.17, 15) is 8.42 Å². The molecular weight excluding hydrogens is 312 g/mol. The average molecular weight is 332 g/mol. The molecule has 0 amide bonds. The number of hydrogen-bond acceptors (Lipinski definition) is 4. The zero-order valence-corrected chi connectivity index (χ0v) is 13.9.